The van der Waals surface area contributed by atoms with Gasteiger partial charge in [-0.15, -0.1) is 0 Å². The molecule has 0 aliphatic heterocycles. The smallest absolute Gasteiger partial charge is 0.325 e. The summed E-state index contributed by atoms with van der Waals surface area (Å²) >= 11 is 0. The van der Waals surface area contributed by atoms with Crippen molar-refractivity contribution in [1.29, 1.82) is 0 Å². The van der Waals surface area contributed by atoms with Gasteiger partial charge in [0, 0.05) is 24.4 Å². The lowest BCUT2D eigenvalue weighted by Crippen LogP contribution is -2.08. The van der Waals surface area contributed by atoms with Crippen LogP contribution in [0.25, 0.3) is 11.1 Å². The molecule has 0 aliphatic carbocycles. The van der Waals surface area contributed by atoms with E-state index in [4.69, 9.17) is 14.6 Å². The molecule has 0 bridgehead atoms. The molecule has 2 rings (SSSR count). The molecule has 1 heterocycles. The Hall–Kier alpha value is -2.34. The van der Waals surface area contributed by atoms with Crippen LogP contribution in [0, 0.1) is 0 Å². The van der Waals surface area contributed by atoms with Crippen LogP contribution >= 0.6 is 0 Å². The van der Waals surface area contributed by atoms with Gasteiger partial charge in [0.1, 0.15) is 18.9 Å². The zero-order chi connectivity index (χ0) is 14.4. The molecule has 0 saturated carbocycles. The van der Waals surface area contributed by atoms with Gasteiger partial charge in [0.05, 0.1) is 12.8 Å². The Labute approximate surface area is 116 Å². The molecule has 0 amide bonds. The average Bonchev–Trinajstić information content (AvgIpc) is 2.87. The fourth-order valence-corrected chi connectivity index (χ4v) is 1.79. The Morgan fingerprint density at radius 2 is 2.15 bits per heavy atom. The highest BCUT2D eigenvalue weighted by atomic mass is 16.5. The number of hydrogen-bond acceptors (Lipinski definition) is 4. The van der Waals surface area contributed by atoms with Crippen LogP contribution in [0.4, 0.5) is 0 Å². The van der Waals surface area contributed by atoms with E-state index in [1.807, 2.05) is 24.3 Å². The Morgan fingerprint density at radius 1 is 1.35 bits per heavy atom. The molecule has 0 fully saturated rings. The van der Waals surface area contributed by atoms with E-state index in [1.165, 1.54) is 4.68 Å². The van der Waals surface area contributed by atoms with Crippen LogP contribution in [0.5, 0.6) is 5.75 Å². The van der Waals surface area contributed by atoms with Crippen LogP contribution in [0.15, 0.2) is 36.7 Å². The zero-order valence-corrected chi connectivity index (χ0v) is 11.2. The lowest BCUT2D eigenvalue weighted by molar-refractivity contribution is -0.137. The van der Waals surface area contributed by atoms with Gasteiger partial charge in [-0.1, -0.05) is 18.2 Å². The number of carboxylic acids is 1. The summed E-state index contributed by atoms with van der Waals surface area (Å²) in [7, 11) is 1.62. The number of benzene rings is 1. The van der Waals surface area contributed by atoms with E-state index >= 15 is 0 Å². The maximum absolute atomic E-state index is 10.7. The molecule has 20 heavy (non-hydrogen) atoms. The first-order valence-electron chi connectivity index (χ1n) is 6.16. The van der Waals surface area contributed by atoms with Gasteiger partial charge in [0.2, 0.25) is 0 Å². The van der Waals surface area contributed by atoms with Crippen molar-refractivity contribution in [2.75, 3.05) is 20.3 Å². The normalized spacial score (nSPS) is 10.4. The monoisotopic (exact) mass is 276 g/mol. The Balaban J connectivity index is 2.18. The number of aliphatic carboxylic acids is 1. The number of hydrogen-bond donors (Lipinski definition) is 1. The van der Waals surface area contributed by atoms with Crippen molar-refractivity contribution >= 4 is 5.97 Å². The largest absolute Gasteiger partial charge is 0.491 e. The molecule has 0 atom stereocenters. The molecule has 6 heteroatoms. The minimum Gasteiger partial charge on any atom is -0.491 e. The summed E-state index contributed by atoms with van der Waals surface area (Å²) in [5.74, 6) is -0.205. The molecular weight excluding hydrogens is 260 g/mol. The molecule has 106 valence electrons. The molecule has 1 aromatic carbocycles. The van der Waals surface area contributed by atoms with Gasteiger partial charge in [-0.2, -0.15) is 5.10 Å². The lowest BCUT2D eigenvalue weighted by Gasteiger charge is -2.09. The van der Waals surface area contributed by atoms with Crippen molar-refractivity contribution in [3.8, 4) is 16.9 Å². The van der Waals surface area contributed by atoms with Gasteiger partial charge in [-0.3, -0.25) is 9.48 Å². The number of aromatic nitrogens is 2. The minimum atomic E-state index is -0.927. The average molecular weight is 276 g/mol. The van der Waals surface area contributed by atoms with Crippen molar-refractivity contribution in [2.24, 2.45) is 0 Å². The van der Waals surface area contributed by atoms with Crippen molar-refractivity contribution in [3.05, 3.63) is 36.7 Å². The third-order valence-electron chi connectivity index (χ3n) is 2.67. The van der Waals surface area contributed by atoms with Crippen molar-refractivity contribution in [3.63, 3.8) is 0 Å². The van der Waals surface area contributed by atoms with E-state index in [2.05, 4.69) is 5.10 Å². The molecule has 0 aliphatic rings. The number of methoxy groups -OCH3 is 1. The highest BCUT2D eigenvalue weighted by Gasteiger charge is 2.09. The molecule has 0 spiro atoms. The Kier molecular flexibility index (Phi) is 4.73. The first kappa shape index (κ1) is 14.1. The number of carboxylic acid groups (broad SMARTS) is 1. The topological polar surface area (TPSA) is 73.6 Å². The number of nitrogens with zero attached hydrogens (tertiary/aromatic N) is 2. The summed E-state index contributed by atoms with van der Waals surface area (Å²) < 4.78 is 12.0. The van der Waals surface area contributed by atoms with E-state index in [0.29, 0.717) is 13.2 Å². The van der Waals surface area contributed by atoms with E-state index < -0.39 is 5.97 Å². The van der Waals surface area contributed by atoms with Crippen molar-refractivity contribution in [2.45, 2.75) is 6.54 Å². The predicted molar refractivity (Wildman–Crippen MR) is 72.7 cm³/mol. The summed E-state index contributed by atoms with van der Waals surface area (Å²) in [5, 5.41) is 12.8. The summed E-state index contributed by atoms with van der Waals surface area (Å²) in [6.07, 6.45) is 3.31. The maximum Gasteiger partial charge on any atom is 0.325 e. The Bertz CT molecular complexity index is 580. The van der Waals surface area contributed by atoms with Crippen LogP contribution in [-0.2, 0) is 16.1 Å². The lowest BCUT2D eigenvalue weighted by atomic mass is 10.1. The second-order valence-corrected chi connectivity index (χ2v) is 4.16. The molecule has 2 aromatic rings. The number of carbonyl (C=O) groups is 1. The maximum atomic E-state index is 10.7. The van der Waals surface area contributed by atoms with Crippen molar-refractivity contribution in [1.82, 2.24) is 9.78 Å². The summed E-state index contributed by atoms with van der Waals surface area (Å²) in [6.45, 7) is 0.802. The Morgan fingerprint density at radius 3 is 2.90 bits per heavy atom. The molecule has 6 nitrogen and oxygen atoms in total. The third-order valence-corrected chi connectivity index (χ3v) is 2.67. The van der Waals surface area contributed by atoms with E-state index in [1.54, 1.807) is 19.5 Å². The molecule has 1 aromatic heterocycles. The van der Waals surface area contributed by atoms with Gasteiger partial charge in [-0.05, 0) is 6.07 Å². The number of ether oxygens (including phenoxy) is 2. The SMILES string of the molecule is COCCOc1ccccc1-c1cnn(CC(=O)O)c1. The minimum absolute atomic E-state index is 0.160. The van der Waals surface area contributed by atoms with E-state index in [9.17, 15) is 4.79 Å². The van der Waals surface area contributed by atoms with Gasteiger partial charge >= 0.3 is 5.97 Å². The van der Waals surface area contributed by atoms with Crippen LogP contribution < -0.4 is 4.74 Å². The standard InChI is InChI=1S/C14H16N2O4/c1-19-6-7-20-13-5-3-2-4-12(13)11-8-15-16(9-11)10-14(17)18/h2-5,8-9H,6-7,10H2,1H3,(H,17,18). The zero-order valence-electron chi connectivity index (χ0n) is 11.2. The van der Waals surface area contributed by atoms with Crippen molar-refractivity contribution < 1.29 is 19.4 Å². The molecule has 1 N–H and O–H groups in total. The van der Waals surface area contributed by atoms with E-state index in [-0.39, 0.29) is 6.54 Å². The summed E-state index contributed by atoms with van der Waals surface area (Å²) in [5.41, 5.74) is 1.69. The fraction of sp³-hybridized carbons (Fsp3) is 0.286. The second-order valence-electron chi connectivity index (χ2n) is 4.16. The van der Waals surface area contributed by atoms with Gasteiger partial charge in [0.15, 0.2) is 0 Å². The summed E-state index contributed by atoms with van der Waals surface area (Å²) in [6, 6.07) is 7.55. The first-order chi connectivity index (χ1) is 9.70. The highest BCUT2D eigenvalue weighted by Crippen LogP contribution is 2.29. The van der Waals surface area contributed by atoms with Gasteiger partial charge < -0.3 is 14.6 Å². The predicted octanol–water partition coefficient (Wildman–Crippen LogP) is 1.66. The second kappa shape index (κ2) is 6.72. The molecular formula is C14H16N2O4. The fourth-order valence-electron chi connectivity index (χ4n) is 1.79. The van der Waals surface area contributed by atoms with E-state index in [0.717, 1.165) is 16.9 Å². The quantitative estimate of drug-likeness (QED) is 0.778. The van der Waals surface area contributed by atoms with Gasteiger partial charge in [0.25, 0.3) is 0 Å². The first-order valence-corrected chi connectivity index (χ1v) is 6.16. The molecule has 0 radical (unpaired) electrons. The van der Waals surface area contributed by atoms with Gasteiger partial charge in [-0.25, -0.2) is 0 Å². The highest BCUT2D eigenvalue weighted by molar-refractivity contribution is 5.70. The summed E-state index contributed by atoms with van der Waals surface area (Å²) in [4.78, 5) is 10.7. The molecule has 0 saturated heterocycles. The van der Waals surface area contributed by atoms with Crippen LogP contribution in [0.3, 0.4) is 0 Å². The number of para-hydroxylation sites is 1. The van der Waals surface area contributed by atoms with Crippen LogP contribution in [-0.4, -0.2) is 41.2 Å². The number of rotatable bonds is 7. The molecule has 0 unspecified atom stereocenters. The third kappa shape index (κ3) is 3.58. The van der Waals surface area contributed by atoms with Crippen LogP contribution in [0.2, 0.25) is 0 Å². The van der Waals surface area contributed by atoms with Crippen LogP contribution in [0.1, 0.15) is 0 Å².